The summed E-state index contributed by atoms with van der Waals surface area (Å²) in [6.45, 7) is 13.1. The van der Waals surface area contributed by atoms with E-state index in [0.717, 1.165) is 76.9 Å². The molecule has 2 aliphatic rings. The first-order valence-corrected chi connectivity index (χ1v) is 12.4. The van der Waals surface area contributed by atoms with Crippen molar-refractivity contribution in [3.63, 3.8) is 0 Å². The highest BCUT2D eigenvalue weighted by molar-refractivity contribution is 5.79. The molecule has 2 aliphatic heterocycles. The van der Waals surface area contributed by atoms with Crippen LogP contribution in [0.4, 0.5) is 5.69 Å². The molecule has 0 radical (unpaired) electrons. The molecular weight excluding hydrogens is 404 g/mol. The molecule has 0 saturated carbocycles. The van der Waals surface area contributed by atoms with Gasteiger partial charge < -0.3 is 14.4 Å². The molecule has 3 rings (SSSR count). The van der Waals surface area contributed by atoms with E-state index >= 15 is 0 Å². The van der Waals surface area contributed by atoms with E-state index in [1.165, 1.54) is 0 Å². The predicted octanol–water partition coefficient (Wildman–Crippen LogP) is 4.66. The van der Waals surface area contributed by atoms with Crippen molar-refractivity contribution in [1.29, 1.82) is 0 Å². The first-order chi connectivity index (χ1) is 15.4. The Morgan fingerprint density at radius 1 is 1.06 bits per heavy atom. The second-order valence-electron chi connectivity index (χ2n) is 9.26. The molecule has 0 aromatic heterocycles. The fraction of sp³-hybridized carbons (Fsp3) is 0.692. The fourth-order valence-electron chi connectivity index (χ4n) is 4.93. The lowest BCUT2D eigenvalue weighted by Gasteiger charge is -2.36. The lowest BCUT2D eigenvalue weighted by Crippen LogP contribution is -2.47. The van der Waals surface area contributed by atoms with Crippen LogP contribution in [-0.4, -0.2) is 55.7 Å². The molecular formula is C26H40N2O4. The summed E-state index contributed by atoms with van der Waals surface area (Å²) < 4.78 is 11.2. The maximum atomic E-state index is 12.3. The van der Waals surface area contributed by atoms with E-state index in [0.29, 0.717) is 5.75 Å². The van der Waals surface area contributed by atoms with Crippen LogP contribution in [0.5, 0.6) is 5.75 Å². The van der Waals surface area contributed by atoms with Crippen molar-refractivity contribution in [3.05, 3.63) is 24.3 Å². The summed E-state index contributed by atoms with van der Waals surface area (Å²) in [5.41, 5.74) is 0.907. The maximum absolute atomic E-state index is 12.3. The number of carbonyl (C=O) groups is 2. The molecule has 6 nitrogen and oxygen atoms in total. The number of ether oxygens (including phenoxy) is 2. The van der Waals surface area contributed by atoms with E-state index in [1.54, 1.807) is 0 Å². The minimum atomic E-state index is -0.252. The predicted molar refractivity (Wildman–Crippen MR) is 127 cm³/mol. The number of esters is 2. The van der Waals surface area contributed by atoms with Gasteiger partial charge in [-0.25, -0.2) is 0 Å². The third-order valence-corrected chi connectivity index (χ3v) is 7.56. The number of benzene rings is 1. The molecule has 2 saturated heterocycles. The Morgan fingerprint density at radius 2 is 1.69 bits per heavy atom. The topological polar surface area (TPSA) is 59.1 Å². The van der Waals surface area contributed by atoms with Gasteiger partial charge in [0.25, 0.3) is 0 Å². The average Bonchev–Trinajstić information content (AvgIpc) is 3.15. The van der Waals surface area contributed by atoms with Crippen molar-refractivity contribution in [1.82, 2.24) is 4.90 Å². The van der Waals surface area contributed by atoms with Crippen molar-refractivity contribution in [2.24, 2.45) is 11.3 Å². The van der Waals surface area contributed by atoms with Gasteiger partial charge in [-0.2, -0.15) is 0 Å². The molecule has 1 aromatic carbocycles. The van der Waals surface area contributed by atoms with Gasteiger partial charge in [-0.15, -0.1) is 0 Å². The molecule has 0 bridgehead atoms. The Balaban J connectivity index is 1.43. The van der Waals surface area contributed by atoms with Crippen LogP contribution < -0.4 is 9.64 Å². The molecule has 0 aliphatic carbocycles. The Morgan fingerprint density at radius 3 is 2.22 bits per heavy atom. The molecule has 0 amide bonds. The summed E-state index contributed by atoms with van der Waals surface area (Å²) in [7, 11) is 0. The van der Waals surface area contributed by atoms with Crippen LogP contribution >= 0.6 is 0 Å². The largest absolute Gasteiger partial charge is 0.462 e. The third-order valence-electron chi connectivity index (χ3n) is 7.56. The fourth-order valence-corrected chi connectivity index (χ4v) is 4.93. The molecule has 0 spiro atoms. The monoisotopic (exact) mass is 444 g/mol. The molecule has 32 heavy (non-hydrogen) atoms. The average molecular weight is 445 g/mol. The van der Waals surface area contributed by atoms with Gasteiger partial charge in [-0.05, 0) is 56.4 Å². The van der Waals surface area contributed by atoms with Crippen molar-refractivity contribution < 1.29 is 19.1 Å². The van der Waals surface area contributed by atoms with E-state index in [-0.39, 0.29) is 29.4 Å². The summed E-state index contributed by atoms with van der Waals surface area (Å²) in [5.74, 6) is 0.451. The molecule has 0 N–H and O–H groups in total. The number of hydrogen-bond donors (Lipinski definition) is 0. The van der Waals surface area contributed by atoms with Crippen molar-refractivity contribution >= 4 is 17.6 Å². The quantitative estimate of drug-likeness (QED) is 0.386. The van der Waals surface area contributed by atoms with Gasteiger partial charge in [0.1, 0.15) is 11.9 Å². The van der Waals surface area contributed by atoms with Crippen molar-refractivity contribution in [2.45, 2.75) is 72.3 Å². The second kappa shape index (κ2) is 11.2. The molecule has 2 heterocycles. The normalized spacial score (nSPS) is 21.1. The van der Waals surface area contributed by atoms with Gasteiger partial charge >= 0.3 is 11.9 Å². The molecule has 6 heteroatoms. The number of nitrogens with zero attached hydrogens (tertiary/aromatic N) is 2. The summed E-state index contributed by atoms with van der Waals surface area (Å²) >= 11 is 0. The van der Waals surface area contributed by atoms with E-state index < -0.39 is 0 Å². The van der Waals surface area contributed by atoms with Crippen LogP contribution in [0.3, 0.4) is 0 Å². The van der Waals surface area contributed by atoms with Gasteiger partial charge in [0, 0.05) is 44.8 Å². The number of carbonyl (C=O) groups excluding carboxylic acids is 2. The highest BCUT2D eigenvalue weighted by atomic mass is 16.6. The Labute approximate surface area is 193 Å². The molecule has 2 fully saturated rings. The standard InChI is InChI=1S/C26H40N2O4/c1-5-20(6-2)24(29)31-22-11-9-21(10-12-22)28-17-15-27(16-18-28)14-13-23-19-26(7-3,8-4)25(30)32-23/h9-12,20,23H,5-8,13-19H2,1-4H3. The highest BCUT2D eigenvalue weighted by Gasteiger charge is 2.46. The van der Waals surface area contributed by atoms with Crippen LogP contribution in [0.2, 0.25) is 0 Å². The zero-order valence-corrected chi connectivity index (χ0v) is 20.3. The van der Waals surface area contributed by atoms with Crippen molar-refractivity contribution in [2.75, 3.05) is 37.6 Å². The van der Waals surface area contributed by atoms with Crippen LogP contribution in [0, 0.1) is 11.3 Å². The number of anilines is 1. The van der Waals surface area contributed by atoms with Gasteiger partial charge in [0.05, 0.1) is 11.3 Å². The first kappa shape index (κ1) is 24.6. The van der Waals surface area contributed by atoms with Gasteiger partial charge in [-0.3, -0.25) is 14.5 Å². The second-order valence-corrected chi connectivity index (χ2v) is 9.26. The van der Waals surface area contributed by atoms with E-state index in [2.05, 4.69) is 23.6 Å². The van der Waals surface area contributed by atoms with E-state index in [4.69, 9.17) is 9.47 Å². The third kappa shape index (κ3) is 5.64. The smallest absolute Gasteiger partial charge is 0.314 e. The number of rotatable bonds is 10. The highest BCUT2D eigenvalue weighted by Crippen LogP contribution is 2.41. The number of cyclic esters (lactones) is 1. The summed E-state index contributed by atoms with van der Waals surface area (Å²) in [6.07, 6.45) is 5.20. The zero-order valence-electron chi connectivity index (χ0n) is 20.3. The molecule has 178 valence electrons. The summed E-state index contributed by atoms with van der Waals surface area (Å²) in [5, 5.41) is 0. The summed E-state index contributed by atoms with van der Waals surface area (Å²) in [4.78, 5) is 29.3. The minimum Gasteiger partial charge on any atom is -0.462 e. The Bertz CT molecular complexity index is 748. The molecule has 1 unspecified atom stereocenters. The van der Waals surface area contributed by atoms with Crippen LogP contribution in [0.25, 0.3) is 0 Å². The van der Waals surface area contributed by atoms with Crippen LogP contribution in [0.1, 0.15) is 66.2 Å². The van der Waals surface area contributed by atoms with Gasteiger partial charge in [0.15, 0.2) is 0 Å². The zero-order chi connectivity index (χ0) is 23.1. The van der Waals surface area contributed by atoms with Crippen LogP contribution in [-0.2, 0) is 14.3 Å². The van der Waals surface area contributed by atoms with Crippen LogP contribution in [0.15, 0.2) is 24.3 Å². The first-order valence-electron chi connectivity index (χ1n) is 12.4. The van der Waals surface area contributed by atoms with E-state index in [1.807, 2.05) is 38.1 Å². The van der Waals surface area contributed by atoms with Crippen molar-refractivity contribution in [3.8, 4) is 5.75 Å². The maximum Gasteiger partial charge on any atom is 0.314 e. The SMILES string of the molecule is CCC(CC)C(=O)Oc1ccc(N2CCN(CCC3CC(CC)(CC)C(=O)O3)CC2)cc1. The Kier molecular flexibility index (Phi) is 8.57. The minimum absolute atomic E-state index is 0.00588. The number of hydrogen-bond acceptors (Lipinski definition) is 6. The molecule has 1 aromatic rings. The number of piperazine rings is 1. The van der Waals surface area contributed by atoms with Gasteiger partial charge in [0.2, 0.25) is 0 Å². The lowest BCUT2D eigenvalue weighted by atomic mass is 9.79. The summed E-state index contributed by atoms with van der Waals surface area (Å²) in [6, 6.07) is 7.87. The Hall–Kier alpha value is -2.08. The van der Waals surface area contributed by atoms with Gasteiger partial charge in [-0.1, -0.05) is 27.7 Å². The molecule has 1 atom stereocenters. The van der Waals surface area contributed by atoms with E-state index in [9.17, 15) is 9.59 Å². The lowest BCUT2D eigenvalue weighted by molar-refractivity contribution is -0.149.